The summed E-state index contributed by atoms with van der Waals surface area (Å²) in [5, 5.41) is 7.36. The van der Waals surface area contributed by atoms with Crippen LogP contribution in [0.25, 0.3) is 0 Å². The molecule has 0 aromatic heterocycles. The van der Waals surface area contributed by atoms with Crippen molar-refractivity contribution < 1.29 is 13.9 Å². The van der Waals surface area contributed by atoms with Crippen LogP contribution in [0.4, 0.5) is 4.39 Å². The lowest BCUT2D eigenvalue weighted by molar-refractivity contribution is 0.284. The first-order valence-electron chi connectivity index (χ1n) is 8.33. The normalized spacial score (nSPS) is 10.8. The van der Waals surface area contributed by atoms with Crippen molar-refractivity contribution in [3.05, 3.63) is 57.3 Å². The molecule has 26 heavy (non-hydrogen) atoms. The summed E-state index contributed by atoms with van der Waals surface area (Å²) >= 11 is 12.4. The smallest absolute Gasteiger partial charge is 0.163 e. The monoisotopic (exact) mass is 400 g/mol. The average Bonchev–Trinajstić information content (AvgIpc) is 2.62. The largest absolute Gasteiger partial charge is 0.493 e. The molecule has 2 rings (SSSR count). The summed E-state index contributed by atoms with van der Waals surface area (Å²) in [6.45, 7) is 2.68. The number of nitrogens with one attached hydrogen (secondary N) is 2. The average molecular weight is 401 g/mol. The Kier molecular flexibility index (Phi) is 8.45. The molecule has 0 aliphatic carbocycles. The van der Waals surface area contributed by atoms with E-state index in [1.165, 1.54) is 12.1 Å². The van der Waals surface area contributed by atoms with Gasteiger partial charge in [0.25, 0.3) is 0 Å². The summed E-state index contributed by atoms with van der Waals surface area (Å²) in [4.78, 5) is 0. The minimum absolute atomic E-state index is 0.188. The van der Waals surface area contributed by atoms with Crippen LogP contribution in [0, 0.1) is 5.82 Å². The van der Waals surface area contributed by atoms with Crippen LogP contribution in [-0.4, -0.2) is 27.2 Å². The number of hydrogen-bond donors (Lipinski definition) is 2. The van der Waals surface area contributed by atoms with E-state index < -0.39 is 0 Å². The molecule has 0 aliphatic heterocycles. The van der Waals surface area contributed by atoms with E-state index in [2.05, 4.69) is 10.6 Å². The molecule has 0 heterocycles. The number of methoxy groups -OCH3 is 1. The zero-order valence-electron chi connectivity index (χ0n) is 14.9. The van der Waals surface area contributed by atoms with Gasteiger partial charge in [-0.25, -0.2) is 4.39 Å². The predicted molar refractivity (Wildman–Crippen MR) is 104 cm³/mol. The van der Waals surface area contributed by atoms with Crippen molar-refractivity contribution >= 4 is 23.2 Å². The number of rotatable bonds is 10. The van der Waals surface area contributed by atoms with E-state index in [-0.39, 0.29) is 12.4 Å². The van der Waals surface area contributed by atoms with Crippen LogP contribution in [0.2, 0.25) is 10.0 Å². The van der Waals surface area contributed by atoms with E-state index in [1.807, 2.05) is 13.1 Å². The van der Waals surface area contributed by atoms with E-state index in [0.29, 0.717) is 33.7 Å². The number of hydrogen-bond acceptors (Lipinski definition) is 4. The molecule has 2 aromatic carbocycles. The first-order valence-corrected chi connectivity index (χ1v) is 9.09. The molecule has 0 spiro atoms. The summed E-state index contributed by atoms with van der Waals surface area (Å²) in [5.41, 5.74) is 1.61. The number of halogens is 3. The van der Waals surface area contributed by atoms with Crippen molar-refractivity contribution in [3.8, 4) is 11.5 Å². The van der Waals surface area contributed by atoms with E-state index in [9.17, 15) is 4.39 Å². The molecule has 7 heteroatoms. The molecule has 0 amide bonds. The van der Waals surface area contributed by atoms with Crippen LogP contribution in [0.3, 0.4) is 0 Å². The van der Waals surface area contributed by atoms with Crippen molar-refractivity contribution in [1.29, 1.82) is 0 Å². The molecule has 0 radical (unpaired) electrons. The Balaban J connectivity index is 2.03. The lowest BCUT2D eigenvalue weighted by Gasteiger charge is -2.15. The molecule has 0 saturated heterocycles. The molecule has 0 aliphatic rings. The van der Waals surface area contributed by atoms with E-state index in [0.717, 1.165) is 25.1 Å². The molecular formula is C19H23Cl2FN2O2. The summed E-state index contributed by atoms with van der Waals surface area (Å²) < 4.78 is 24.3. The van der Waals surface area contributed by atoms with Crippen LogP contribution < -0.4 is 20.1 Å². The Bertz CT molecular complexity index is 729. The fourth-order valence-corrected chi connectivity index (χ4v) is 2.83. The molecule has 142 valence electrons. The Morgan fingerprint density at radius 1 is 1.00 bits per heavy atom. The Hall–Kier alpha value is -1.53. The van der Waals surface area contributed by atoms with Crippen molar-refractivity contribution in [2.45, 2.75) is 19.6 Å². The zero-order chi connectivity index (χ0) is 18.9. The standard InChI is InChI=1S/C19H23Cl2FN2O2/c1-23-6-3-7-24-11-14-8-18(25-2)19(10-17(14)21)26-12-13-4-5-15(22)9-16(13)20/h4-5,8-10,23-24H,3,6-7,11-12H2,1-2H3. The maximum absolute atomic E-state index is 13.1. The van der Waals surface area contributed by atoms with Crippen molar-refractivity contribution in [2.24, 2.45) is 0 Å². The fourth-order valence-electron chi connectivity index (χ4n) is 2.39. The van der Waals surface area contributed by atoms with Gasteiger partial charge in [0.05, 0.1) is 12.1 Å². The first-order chi connectivity index (χ1) is 12.5. The van der Waals surface area contributed by atoms with Gasteiger partial charge in [-0.1, -0.05) is 29.3 Å². The third kappa shape index (κ3) is 6.02. The minimum Gasteiger partial charge on any atom is -0.493 e. The second-order valence-corrected chi connectivity index (χ2v) is 6.57. The highest BCUT2D eigenvalue weighted by atomic mass is 35.5. The predicted octanol–water partition coefficient (Wildman–Crippen LogP) is 4.42. The highest BCUT2D eigenvalue weighted by molar-refractivity contribution is 6.31. The molecule has 0 unspecified atom stereocenters. The molecular weight excluding hydrogens is 378 g/mol. The number of benzene rings is 2. The van der Waals surface area contributed by atoms with E-state index in [4.69, 9.17) is 32.7 Å². The van der Waals surface area contributed by atoms with Crippen molar-refractivity contribution in [1.82, 2.24) is 10.6 Å². The highest BCUT2D eigenvalue weighted by Gasteiger charge is 2.12. The highest BCUT2D eigenvalue weighted by Crippen LogP contribution is 2.34. The zero-order valence-corrected chi connectivity index (χ0v) is 16.4. The lowest BCUT2D eigenvalue weighted by atomic mass is 10.2. The third-order valence-corrected chi connectivity index (χ3v) is 4.53. The second kappa shape index (κ2) is 10.6. The second-order valence-electron chi connectivity index (χ2n) is 5.75. The van der Waals surface area contributed by atoms with E-state index >= 15 is 0 Å². The third-order valence-electron chi connectivity index (χ3n) is 3.83. The summed E-state index contributed by atoms with van der Waals surface area (Å²) in [6, 6.07) is 7.78. The lowest BCUT2D eigenvalue weighted by Crippen LogP contribution is -2.19. The molecule has 0 atom stereocenters. The van der Waals surface area contributed by atoms with Gasteiger partial charge in [0.15, 0.2) is 11.5 Å². The maximum atomic E-state index is 13.1. The Labute approximate surface area is 163 Å². The summed E-state index contributed by atoms with van der Waals surface area (Å²) in [5.74, 6) is 0.711. The van der Waals surface area contributed by atoms with Gasteiger partial charge >= 0.3 is 0 Å². The van der Waals surface area contributed by atoms with Crippen LogP contribution in [0.1, 0.15) is 17.5 Å². The Morgan fingerprint density at radius 3 is 2.46 bits per heavy atom. The molecule has 0 fully saturated rings. The van der Waals surface area contributed by atoms with Gasteiger partial charge in [-0.15, -0.1) is 0 Å². The molecule has 4 nitrogen and oxygen atoms in total. The SMILES string of the molecule is CNCCCNCc1cc(OC)c(OCc2ccc(F)cc2Cl)cc1Cl. The van der Waals surface area contributed by atoms with Gasteiger partial charge in [-0.05, 0) is 50.3 Å². The first kappa shape index (κ1) is 20.8. The maximum Gasteiger partial charge on any atom is 0.163 e. The summed E-state index contributed by atoms with van der Waals surface area (Å²) in [7, 11) is 3.50. The van der Waals surface area contributed by atoms with Crippen LogP contribution in [-0.2, 0) is 13.2 Å². The molecule has 0 bridgehead atoms. The minimum atomic E-state index is -0.383. The van der Waals surface area contributed by atoms with Crippen molar-refractivity contribution in [2.75, 3.05) is 27.2 Å². The van der Waals surface area contributed by atoms with Gasteiger partial charge in [0, 0.05) is 23.2 Å². The van der Waals surface area contributed by atoms with Gasteiger partial charge in [0.1, 0.15) is 12.4 Å². The van der Waals surface area contributed by atoms with Crippen molar-refractivity contribution in [3.63, 3.8) is 0 Å². The van der Waals surface area contributed by atoms with Gasteiger partial charge in [-0.3, -0.25) is 0 Å². The number of ether oxygens (including phenoxy) is 2. The van der Waals surface area contributed by atoms with Crippen LogP contribution >= 0.6 is 23.2 Å². The molecule has 2 N–H and O–H groups in total. The fraction of sp³-hybridized carbons (Fsp3) is 0.368. The topological polar surface area (TPSA) is 42.5 Å². The Morgan fingerprint density at radius 2 is 1.77 bits per heavy atom. The van der Waals surface area contributed by atoms with E-state index in [1.54, 1.807) is 19.2 Å². The summed E-state index contributed by atoms with van der Waals surface area (Å²) in [6.07, 6.45) is 1.03. The van der Waals surface area contributed by atoms with Crippen LogP contribution in [0.15, 0.2) is 30.3 Å². The van der Waals surface area contributed by atoms with Gasteiger partial charge < -0.3 is 20.1 Å². The molecule has 0 saturated carbocycles. The quantitative estimate of drug-likeness (QED) is 0.579. The van der Waals surface area contributed by atoms with Gasteiger partial charge in [0.2, 0.25) is 0 Å². The van der Waals surface area contributed by atoms with Crippen LogP contribution in [0.5, 0.6) is 11.5 Å². The van der Waals surface area contributed by atoms with Gasteiger partial charge in [-0.2, -0.15) is 0 Å². The molecule has 2 aromatic rings.